The molecule has 1 aromatic carbocycles. The molecule has 128 valence electrons. The molecular weight excluding hydrogens is 337 g/mol. The van der Waals surface area contributed by atoms with E-state index in [0.29, 0.717) is 23.6 Å². The lowest BCUT2D eigenvalue weighted by atomic mass is 9.81. The molecule has 0 atom stereocenters. The third kappa shape index (κ3) is 5.37. The number of nitrogens with zero attached hydrogens (tertiary/aromatic N) is 1. The summed E-state index contributed by atoms with van der Waals surface area (Å²) in [7, 11) is 1.61. The molecule has 0 spiro atoms. The van der Waals surface area contributed by atoms with Crippen LogP contribution in [0.2, 0.25) is 5.02 Å². The normalized spacial score (nSPS) is 16.1. The molecule has 0 bridgehead atoms. The number of anilines is 1. The van der Waals surface area contributed by atoms with E-state index in [1.807, 2.05) is 0 Å². The van der Waals surface area contributed by atoms with Crippen molar-refractivity contribution in [2.75, 3.05) is 18.9 Å². The largest absolute Gasteiger partial charge is 0.335 e. The van der Waals surface area contributed by atoms with Gasteiger partial charge in [-0.2, -0.15) is 0 Å². The van der Waals surface area contributed by atoms with Crippen molar-refractivity contribution < 1.29 is 9.59 Å². The third-order valence-electron chi connectivity index (χ3n) is 4.01. The van der Waals surface area contributed by atoms with Crippen molar-refractivity contribution >= 4 is 41.5 Å². The van der Waals surface area contributed by atoms with E-state index in [1.165, 1.54) is 4.90 Å². The topological polar surface area (TPSA) is 75.4 Å². The summed E-state index contributed by atoms with van der Waals surface area (Å²) in [5, 5.41) is 3.27. The second-order valence-corrected chi connectivity index (χ2v) is 6.37. The first kappa shape index (κ1) is 19.7. The summed E-state index contributed by atoms with van der Waals surface area (Å²) in [4.78, 5) is 25.9. The smallest absolute Gasteiger partial charge is 0.243 e. The van der Waals surface area contributed by atoms with Crippen LogP contribution in [0.15, 0.2) is 24.3 Å². The highest BCUT2D eigenvalue weighted by Crippen LogP contribution is 2.27. The Morgan fingerprint density at radius 2 is 1.96 bits per heavy atom. The molecule has 0 aliphatic heterocycles. The molecular formula is C16H23Cl2N3O2. The molecule has 2 rings (SSSR count). The van der Waals surface area contributed by atoms with E-state index in [2.05, 4.69) is 5.32 Å². The van der Waals surface area contributed by atoms with Gasteiger partial charge in [0.2, 0.25) is 11.8 Å². The van der Waals surface area contributed by atoms with Crippen LogP contribution in [0.1, 0.15) is 32.1 Å². The quantitative estimate of drug-likeness (QED) is 0.867. The molecule has 3 N–H and O–H groups in total. The maximum absolute atomic E-state index is 12.5. The molecule has 7 heteroatoms. The Balaban J connectivity index is 0.00000264. The van der Waals surface area contributed by atoms with Gasteiger partial charge in [0.05, 0.1) is 12.1 Å². The Kier molecular flexibility index (Phi) is 7.32. The zero-order valence-electron chi connectivity index (χ0n) is 13.2. The van der Waals surface area contributed by atoms with E-state index in [0.717, 1.165) is 19.3 Å². The molecule has 1 aliphatic rings. The first-order valence-electron chi connectivity index (χ1n) is 7.50. The van der Waals surface area contributed by atoms with E-state index in [-0.39, 0.29) is 30.8 Å². The van der Waals surface area contributed by atoms with Gasteiger partial charge >= 0.3 is 0 Å². The number of benzene rings is 1. The van der Waals surface area contributed by atoms with Gasteiger partial charge < -0.3 is 16.0 Å². The summed E-state index contributed by atoms with van der Waals surface area (Å²) in [6.45, 7) is -0.0235. The Labute approximate surface area is 148 Å². The van der Waals surface area contributed by atoms with E-state index in [4.69, 9.17) is 17.3 Å². The van der Waals surface area contributed by atoms with Gasteiger partial charge in [-0.05, 0) is 31.0 Å². The lowest BCUT2D eigenvalue weighted by molar-refractivity contribution is -0.139. The second-order valence-electron chi connectivity index (χ2n) is 5.94. The van der Waals surface area contributed by atoms with Gasteiger partial charge in [-0.3, -0.25) is 9.59 Å². The van der Waals surface area contributed by atoms with Crippen molar-refractivity contribution in [3.8, 4) is 0 Å². The van der Waals surface area contributed by atoms with Crippen LogP contribution < -0.4 is 11.1 Å². The van der Waals surface area contributed by atoms with Crippen LogP contribution in [-0.4, -0.2) is 35.8 Å². The predicted octanol–water partition coefficient (Wildman–Crippen LogP) is 2.82. The van der Waals surface area contributed by atoms with Crippen LogP contribution in [0.5, 0.6) is 0 Å². The zero-order chi connectivity index (χ0) is 16.2. The average molecular weight is 360 g/mol. The van der Waals surface area contributed by atoms with E-state index < -0.39 is 5.54 Å². The number of hydrogen-bond acceptors (Lipinski definition) is 3. The number of rotatable bonds is 4. The first-order chi connectivity index (χ1) is 10.4. The summed E-state index contributed by atoms with van der Waals surface area (Å²) in [5.74, 6) is -0.425. The summed E-state index contributed by atoms with van der Waals surface area (Å²) in [6, 6.07) is 6.89. The number of nitrogens with one attached hydrogen (secondary N) is 1. The van der Waals surface area contributed by atoms with Crippen LogP contribution in [0.3, 0.4) is 0 Å². The van der Waals surface area contributed by atoms with Crippen LogP contribution in [0, 0.1) is 0 Å². The van der Waals surface area contributed by atoms with Crippen molar-refractivity contribution in [3.05, 3.63) is 29.3 Å². The molecule has 0 aromatic heterocycles. The fraction of sp³-hybridized carbons (Fsp3) is 0.500. The molecule has 1 aliphatic carbocycles. The first-order valence-corrected chi connectivity index (χ1v) is 7.88. The van der Waals surface area contributed by atoms with E-state index >= 15 is 0 Å². The summed E-state index contributed by atoms with van der Waals surface area (Å²) in [6.07, 6.45) is 4.42. The van der Waals surface area contributed by atoms with Crippen LogP contribution >= 0.6 is 24.0 Å². The summed E-state index contributed by atoms with van der Waals surface area (Å²) < 4.78 is 0. The van der Waals surface area contributed by atoms with Gasteiger partial charge in [0.25, 0.3) is 0 Å². The maximum atomic E-state index is 12.5. The maximum Gasteiger partial charge on any atom is 0.243 e. The van der Waals surface area contributed by atoms with Crippen molar-refractivity contribution in [1.29, 1.82) is 0 Å². The van der Waals surface area contributed by atoms with Crippen molar-refractivity contribution in [2.24, 2.45) is 5.73 Å². The highest BCUT2D eigenvalue weighted by molar-refractivity contribution is 6.30. The molecule has 1 aromatic rings. The van der Waals surface area contributed by atoms with Crippen LogP contribution in [-0.2, 0) is 9.59 Å². The van der Waals surface area contributed by atoms with Gasteiger partial charge in [-0.25, -0.2) is 0 Å². The minimum absolute atomic E-state index is 0. The molecule has 0 saturated heterocycles. The highest BCUT2D eigenvalue weighted by atomic mass is 35.5. The number of hydrogen-bond donors (Lipinski definition) is 2. The molecule has 0 unspecified atom stereocenters. The summed E-state index contributed by atoms with van der Waals surface area (Å²) in [5.41, 5.74) is 6.00. The standard InChI is InChI=1S/C16H22ClN3O2.ClH/c1-20(15(22)16(18)8-3-2-4-9-16)11-14(21)19-13-7-5-6-12(17)10-13;/h5-7,10H,2-4,8-9,11,18H2,1H3,(H,19,21);1H. The second kappa shape index (κ2) is 8.52. The van der Waals surface area contributed by atoms with Gasteiger partial charge in [0.1, 0.15) is 0 Å². The van der Waals surface area contributed by atoms with Gasteiger partial charge in [-0.1, -0.05) is 36.9 Å². The van der Waals surface area contributed by atoms with Gasteiger partial charge in [0.15, 0.2) is 0 Å². The molecule has 1 fully saturated rings. The Bertz CT molecular complexity index is 560. The van der Waals surface area contributed by atoms with Crippen molar-refractivity contribution in [1.82, 2.24) is 4.90 Å². The fourth-order valence-electron chi connectivity index (χ4n) is 2.83. The lowest BCUT2D eigenvalue weighted by Gasteiger charge is -2.35. The Morgan fingerprint density at radius 1 is 1.30 bits per heavy atom. The molecule has 1 saturated carbocycles. The van der Waals surface area contributed by atoms with E-state index in [9.17, 15) is 9.59 Å². The van der Waals surface area contributed by atoms with Crippen molar-refractivity contribution in [3.63, 3.8) is 0 Å². The minimum atomic E-state index is -0.816. The SMILES string of the molecule is CN(CC(=O)Nc1cccc(Cl)c1)C(=O)C1(N)CCCCC1.Cl. The number of amides is 2. The molecule has 0 heterocycles. The lowest BCUT2D eigenvalue weighted by Crippen LogP contribution is -2.56. The highest BCUT2D eigenvalue weighted by Gasteiger charge is 2.37. The number of carbonyl (C=O) groups excluding carboxylic acids is 2. The van der Waals surface area contributed by atoms with Gasteiger partial charge in [-0.15, -0.1) is 12.4 Å². The minimum Gasteiger partial charge on any atom is -0.335 e. The third-order valence-corrected chi connectivity index (χ3v) is 4.24. The van der Waals surface area contributed by atoms with E-state index in [1.54, 1.807) is 31.3 Å². The van der Waals surface area contributed by atoms with Crippen LogP contribution in [0.4, 0.5) is 5.69 Å². The Hall–Kier alpha value is -1.30. The average Bonchev–Trinajstić information content (AvgIpc) is 2.47. The monoisotopic (exact) mass is 359 g/mol. The Morgan fingerprint density at radius 3 is 2.57 bits per heavy atom. The molecule has 0 radical (unpaired) electrons. The number of halogens is 2. The fourth-order valence-corrected chi connectivity index (χ4v) is 3.02. The summed E-state index contributed by atoms with van der Waals surface area (Å²) >= 11 is 5.87. The molecule has 23 heavy (non-hydrogen) atoms. The number of nitrogens with two attached hydrogens (primary N) is 1. The molecule has 5 nitrogen and oxygen atoms in total. The number of carbonyl (C=O) groups is 2. The molecule has 2 amide bonds. The predicted molar refractivity (Wildman–Crippen MR) is 95.0 cm³/mol. The zero-order valence-corrected chi connectivity index (χ0v) is 14.8. The van der Waals surface area contributed by atoms with Crippen LogP contribution in [0.25, 0.3) is 0 Å². The number of likely N-dealkylation sites (N-methyl/N-ethyl adjacent to an activating group) is 1. The van der Waals surface area contributed by atoms with Crippen molar-refractivity contribution in [2.45, 2.75) is 37.6 Å². The van der Waals surface area contributed by atoms with Gasteiger partial charge in [0, 0.05) is 17.8 Å².